The van der Waals surface area contributed by atoms with Gasteiger partial charge in [-0.1, -0.05) is 202 Å². The summed E-state index contributed by atoms with van der Waals surface area (Å²) in [4.78, 5) is 12.4. The molecule has 0 heterocycles. The molecular weight excluding hydrogens is 651 g/mol. The van der Waals surface area contributed by atoms with Gasteiger partial charge in [-0.15, -0.1) is 0 Å². The van der Waals surface area contributed by atoms with Crippen molar-refractivity contribution < 1.29 is 15.0 Å². The fourth-order valence-electron chi connectivity index (χ4n) is 6.22. The summed E-state index contributed by atoms with van der Waals surface area (Å²) in [5.41, 5.74) is 0. The van der Waals surface area contributed by atoms with Crippen molar-refractivity contribution in [3.63, 3.8) is 0 Å². The Morgan fingerprint density at radius 1 is 0.472 bits per heavy atom. The molecule has 53 heavy (non-hydrogen) atoms. The maximum absolute atomic E-state index is 12.4. The van der Waals surface area contributed by atoms with Gasteiger partial charge in [0.05, 0.1) is 18.8 Å². The van der Waals surface area contributed by atoms with Crippen molar-refractivity contribution in [2.45, 2.75) is 212 Å². The average molecular weight is 736 g/mol. The first kappa shape index (κ1) is 50.6. The van der Waals surface area contributed by atoms with E-state index in [1.54, 1.807) is 6.08 Å². The van der Waals surface area contributed by atoms with E-state index in [2.05, 4.69) is 92.1 Å². The monoisotopic (exact) mass is 736 g/mol. The Morgan fingerprint density at radius 2 is 0.849 bits per heavy atom. The number of aliphatic hydroxyl groups is 2. The number of carbonyl (C=O) groups is 1. The molecule has 0 fully saturated rings. The van der Waals surface area contributed by atoms with Crippen LogP contribution in [0.4, 0.5) is 0 Å². The van der Waals surface area contributed by atoms with Crippen LogP contribution in [0.2, 0.25) is 0 Å². The number of unbranched alkanes of at least 4 members (excludes halogenated alkanes) is 20. The Morgan fingerprint density at radius 3 is 1.32 bits per heavy atom. The van der Waals surface area contributed by atoms with Crippen molar-refractivity contribution in [1.82, 2.24) is 5.32 Å². The average Bonchev–Trinajstić information content (AvgIpc) is 3.16. The van der Waals surface area contributed by atoms with Gasteiger partial charge in [-0.2, -0.15) is 0 Å². The number of aliphatic hydroxyl groups excluding tert-OH is 2. The lowest BCUT2D eigenvalue weighted by molar-refractivity contribution is -0.123. The molecule has 0 aliphatic rings. The minimum absolute atomic E-state index is 0.0956. The Hall–Kier alpha value is -2.43. The van der Waals surface area contributed by atoms with Crippen LogP contribution in [0.5, 0.6) is 0 Å². The van der Waals surface area contributed by atoms with Gasteiger partial charge in [-0.05, 0) is 77.0 Å². The van der Waals surface area contributed by atoms with Crippen LogP contribution in [0, 0.1) is 0 Å². The molecule has 0 aromatic carbocycles. The van der Waals surface area contributed by atoms with Crippen LogP contribution >= 0.6 is 0 Å². The van der Waals surface area contributed by atoms with Gasteiger partial charge >= 0.3 is 0 Å². The Labute approximate surface area is 329 Å². The number of hydrogen-bond acceptors (Lipinski definition) is 3. The van der Waals surface area contributed by atoms with Gasteiger partial charge in [-0.25, -0.2) is 0 Å². The molecule has 0 aromatic heterocycles. The largest absolute Gasteiger partial charge is 0.394 e. The summed E-state index contributed by atoms with van der Waals surface area (Å²) in [6.45, 7) is 4.17. The summed E-state index contributed by atoms with van der Waals surface area (Å²) in [6.07, 6.45) is 64.0. The first-order chi connectivity index (χ1) is 26.2. The first-order valence-corrected chi connectivity index (χ1v) is 22.3. The molecule has 3 N–H and O–H groups in total. The van der Waals surface area contributed by atoms with Crippen molar-refractivity contribution in [3.05, 3.63) is 85.1 Å². The first-order valence-electron chi connectivity index (χ1n) is 22.3. The molecule has 0 saturated heterocycles. The van der Waals surface area contributed by atoms with E-state index in [0.717, 1.165) is 77.0 Å². The standard InChI is InChI=1S/C49H85NO3/c1-3-5-7-9-11-13-15-17-19-21-23-25-27-29-31-33-35-37-39-41-43-45-49(53)50-47(46-51)48(52)44-42-40-38-36-34-32-30-28-26-24-22-20-18-16-14-12-10-8-6-4-2/h5,7,11,13,17,19,23,25,29,31,34,36,42,44,47-48,51-52H,3-4,6,8-10,12,14-16,18,20-22,24,26-28,30,32-33,35,37-41,43,45-46H2,1-2H3,(H,50,53)/b7-5-,13-11-,19-17-,25-23-,31-29-,36-34+,44-42+. The van der Waals surface area contributed by atoms with Crippen LogP contribution in [0.3, 0.4) is 0 Å². The number of rotatable bonds is 39. The Kier molecular flexibility index (Phi) is 42.0. The molecule has 0 rings (SSSR count). The van der Waals surface area contributed by atoms with Gasteiger partial charge in [0.25, 0.3) is 0 Å². The molecule has 0 aliphatic carbocycles. The highest BCUT2D eigenvalue weighted by Gasteiger charge is 2.17. The molecule has 304 valence electrons. The van der Waals surface area contributed by atoms with Gasteiger partial charge in [0.15, 0.2) is 0 Å². The molecule has 0 bridgehead atoms. The van der Waals surface area contributed by atoms with Crippen LogP contribution in [0.1, 0.15) is 200 Å². The van der Waals surface area contributed by atoms with Gasteiger partial charge in [0.1, 0.15) is 0 Å². The smallest absolute Gasteiger partial charge is 0.220 e. The lowest BCUT2D eigenvalue weighted by atomic mass is 10.0. The van der Waals surface area contributed by atoms with Crippen LogP contribution in [0.15, 0.2) is 85.1 Å². The third-order valence-corrected chi connectivity index (χ3v) is 9.61. The van der Waals surface area contributed by atoms with Crippen LogP contribution in [-0.4, -0.2) is 34.9 Å². The minimum atomic E-state index is -0.876. The third kappa shape index (κ3) is 40.6. The molecule has 2 unspecified atom stereocenters. The maximum atomic E-state index is 12.4. The van der Waals surface area contributed by atoms with Gasteiger partial charge in [0.2, 0.25) is 5.91 Å². The van der Waals surface area contributed by atoms with Crippen molar-refractivity contribution in [2.75, 3.05) is 6.61 Å². The highest BCUT2D eigenvalue weighted by molar-refractivity contribution is 5.76. The van der Waals surface area contributed by atoms with E-state index < -0.39 is 12.1 Å². The van der Waals surface area contributed by atoms with Crippen LogP contribution in [-0.2, 0) is 4.79 Å². The van der Waals surface area contributed by atoms with E-state index in [1.807, 2.05) is 6.08 Å². The number of nitrogens with one attached hydrogen (secondary N) is 1. The SMILES string of the molecule is CC/C=C\C/C=C\C/C=C\C/C=C\C/C=C\CCCCCCCC(=O)NC(CO)C(O)/C=C/CC/C=C/CCCCCCCCCCCCCCCC. The second kappa shape index (κ2) is 44.0. The van der Waals surface area contributed by atoms with Gasteiger partial charge in [-0.3, -0.25) is 4.79 Å². The van der Waals surface area contributed by atoms with Crippen molar-refractivity contribution in [1.29, 1.82) is 0 Å². The summed E-state index contributed by atoms with van der Waals surface area (Å²) in [5, 5.41) is 23.0. The van der Waals surface area contributed by atoms with E-state index in [4.69, 9.17) is 0 Å². The lowest BCUT2D eigenvalue weighted by Gasteiger charge is -2.19. The fraction of sp³-hybridized carbons (Fsp3) is 0.694. The topological polar surface area (TPSA) is 69.6 Å². The molecular formula is C49H85NO3. The molecule has 1 amide bonds. The van der Waals surface area contributed by atoms with E-state index in [0.29, 0.717) is 6.42 Å². The zero-order chi connectivity index (χ0) is 38.6. The van der Waals surface area contributed by atoms with Crippen molar-refractivity contribution >= 4 is 5.91 Å². The van der Waals surface area contributed by atoms with E-state index >= 15 is 0 Å². The fourth-order valence-corrected chi connectivity index (χ4v) is 6.22. The third-order valence-electron chi connectivity index (χ3n) is 9.61. The lowest BCUT2D eigenvalue weighted by Crippen LogP contribution is -2.45. The predicted octanol–water partition coefficient (Wildman–Crippen LogP) is 14.1. The highest BCUT2D eigenvalue weighted by atomic mass is 16.3. The van der Waals surface area contributed by atoms with Crippen LogP contribution in [0.25, 0.3) is 0 Å². The van der Waals surface area contributed by atoms with Crippen molar-refractivity contribution in [3.8, 4) is 0 Å². The molecule has 4 heteroatoms. The summed E-state index contributed by atoms with van der Waals surface area (Å²) in [5.74, 6) is -0.0956. The molecule has 4 nitrogen and oxygen atoms in total. The predicted molar refractivity (Wildman–Crippen MR) is 234 cm³/mol. The quantitative estimate of drug-likeness (QED) is 0.0435. The van der Waals surface area contributed by atoms with Crippen LogP contribution < -0.4 is 5.32 Å². The number of allylic oxidation sites excluding steroid dienone is 13. The summed E-state index contributed by atoms with van der Waals surface area (Å²) < 4.78 is 0. The van der Waals surface area contributed by atoms with Gasteiger partial charge in [0, 0.05) is 6.42 Å². The Balaban J connectivity index is 3.69. The number of carbonyl (C=O) groups excluding carboxylic acids is 1. The number of hydrogen-bond donors (Lipinski definition) is 3. The molecule has 0 spiro atoms. The summed E-state index contributed by atoms with van der Waals surface area (Å²) in [7, 11) is 0. The van der Waals surface area contributed by atoms with Gasteiger partial charge < -0.3 is 15.5 Å². The highest BCUT2D eigenvalue weighted by Crippen LogP contribution is 2.14. The molecule has 2 atom stereocenters. The molecule has 0 aromatic rings. The number of amides is 1. The zero-order valence-electron chi connectivity index (χ0n) is 34.8. The Bertz CT molecular complexity index is 972. The summed E-state index contributed by atoms with van der Waals surface area (Å²) in [6, 6.07) is -0.655. The maximum Gasteiger partial charge on any atom is 0.220 e. The molecule has 0 radical (unpaired) electrons. The summed E-state index contributed by atoms with van der Waals surface area (Å²) >= 11 is 0. The van der Waals surface area contributed by atoms with E-state index in [9.17, 15) is 15.0 Å². The van der Waals surface area contributed by atoms with Crippen molar-refractivity contribution in [2.24, 2.45) is 0 Å². The second-order valence-electron chi connectivity index (χ2n) is 14.7. The van der Waals surface area contributed by atoms with E-state index in [1.165, 1.54) is 103 Å². The normalized spacial score (nSPS) is 13.8. The minimum Gasteiger partial charge on any atom is -0.394 e. The second-order valence-corrected chi connectivity index (χ2v) is 14.7. The zero-order valence-corrected chi connectivity index (χ0v) is 34.8. The molecule has 0 saturated carbocycles. The molecule has 0 aliphatic heterocycles. The van der Waals surface area contributed by atoms with E-state index in [-0.39, 0.29) is 12.5 Å².